The number of halogens is 1. The van der Waals surface area contributed by atoms with E-state index in [9.17, 15) is 4.79 Å². The third-order valence-corrected chi connectivity index (χ3v) is 3.66. The zero-order chi connectivity index (χ0) is 11.2. The van der Waals surface area contributed by atoms with Crippen molar-refractivity contribution in [2.75, 3.05) is 6.54 Å². The van der Waals surface area contributed by atoms with E-state index >= 15 is 0 Å². The minimum absolute atomic E-state index is 0.326. The molecule has 1 unspecified atom stereocenters. The SMILES string of the molecule is O=C1NCC2(CCCc3ncc(Br)cc32)O1. The zero-order valence-corrected chi connectivity index (χ0v) is 10.2. The van der Waals surface area contributed by atoms with Crippen molar-refractivity contribution in [1.82, 2.24) is 10.3 Å². The molecule has 0 radical (unpaired) electrons. The second-order valence-corrected chi connectivity index (χ2v) is 5.15. The van der Waals surface area contributed by atoms with Gasteiger partial charge < -0.3 is 10.1 Å². The number of rotatable bonds is 0. The first kappa shape index (κ1) is 10.1. The van der Waals surface area contributed by atoms with Gasteiger partial charge in [-0.25, -0.2) is 4.79 Å². The Hall–Kier alpha value is -1.10. The Morgan fingerprint density at radius 3 is 3.19 bits per heavy atom. The van der Waals surface area contributed by atoms with Crippen LogP contribution in [0, 0.1) is 0 Å². The molecule has 84 valence electrons. The van der Waals surface area contributed by atoms with Crippen LogP contribution in [0.4, 0.5) is 4.79 Å². The third-order valence-electron chi connectivity index (χ3n) is 3.23. The summed E-state index contributed by atoms with van der Waals surface area (Å²) in [5.41, 5.74) is 1.61. The van der Waals surface area contributed by atoms with Gasteiger partial charge in [0.15, 0.2) is 5.60 Å². The number of ether oxygens (including phenoxy) is 1. The summed E-state index contributed by atoms with van der Waals surface area (Å²) in [6, 6.07) is 2.02. The fourth-order valence-electron chi connectivity index (χ4n) is 2.49. The highest BCUT2D eigenvalue weighted by Gasteiger charge is 2.45. The molecule has 5 heteroatoms. The van der Waals surface area contributed by atoms with Crippen molar-refractivity contribution < 1.29 is 9.53 Å². The molecule has 1 atom stereocenters. The van der Waals surface area contributed by atoms with Crippen molar-refractivity contribution in [2.24, 2.45) is 0 Å². The molecule has 1 amide bonds. The molecule has 1 aromatic rings. The van der Waals surface area contributed by atoms with Gasteiger partial charge in [0.25, 0.3) is 0 Å². The molecule has 4 nitrogen and oxygen atoms in total. The monoisotopic (exact) mass is 282 g/mol. The van der Waals surface area contributed by atoms with Crippen LogP contribution >= 0.6 is 15.9 Å². The van der Waals surface area contributed by atoms with Gasteiger partial charge in [0.05, 0.1) is 6.54 Å². The van der Waals surface area contributed by atoms with E-state index in [-0.39, 0.29) is 6.09 Å². The highest BCUT2D eigenvalue weighted by atomic mass is 79.9. The number of amides is 1. The number of alkyl carbamates (subject to hydrolysis) is 1. The molecule has 1 N–H and O–H groups in total. The number of nitrogens with zero attached hydrogens (tertiary/aromatic N) is 1. The Kier molecular flexibility index (Phi) is 2.17. The normalized spacial score (nSPS) is 27.4. The van der Waals surface area contributed by atoms with E-state index in [1.54, 1.807) is 6.20 Å². The lowest BCUT2D eigenvalue weighted by atomic mass is 9.81. The summed E-state index contributed by atoms with van der Waals surface area (Å²) in [6.07, 6.45) is 4.31. The van der Waals surface area contributed by atoms with E-state index in [0.717, 1.165) is 35.0 Å². The van der Waals surface area contributed by atoms with Crippen molar-refractivity contribution in [2.45, 2.75) is 24.9 Å². The Bertz CT molecular complexity index is 463. The smallest absolute Gasteiger partial charge is 0.408 e. The van der Waals surface area contributed by atoms with Crippen LogP contribution in [-0.2, 0) is 16.8 Å². The average molecular weight is 283 g/mol. The van der Waals surface area contributed by atoms with Gasteiger partial charge >= 0.3 is 6.09 Å². The quantitative estimate of drug-likeness (QED) is 0.793. The summed E-state index contributed by atoms with van der Waals surface area (Å²) in [6.45, 7) is 0.553. The lowest BCUT2D eigenvalue weighted by Gasteiger charge is -2.32. The summed E-state index contributed by atoms with van der Waals surface area (Å²) in [5, 5.41) is 2.74. The number of carbonyl (C=O) groups excluding carboxylic acids is 1. The predicted molar refractivity (Wildman–Crippen MR) is 61.0 cm³/mol. The van der Waals surface area contributed by atoms with Gasteiger partial charge in [0, 0.05) is 21.9 Å². The molecule has 1 fully saturated rings. The number of aromatic nitrogens is 1. The number of nitrogens with one attached hydrogen (secondary N) is 1. The fraction of sp³-hybridized carbons (Fsp3) is 0.455. The highest BCUT2D eigenvalue weighted by Crippen LogP contribution is 2.40. The summed E-state index contributed by atoms with van der Waals surface area (Å²) in [5.74, 6) is 0. The molecule has 1 aliphatic heterocycles. The summed E-state index contributed by atoms with van der Waals surface area (Å²) >= 11 is 3.41. The van der Waals surface area contributed by atoms with Crippen LogP contribution in [0.3, 0.4) is 0 Å². The Morgan fingerprint density at radius 1 is 1.56 bits per heavy atom. The van der Waals surface area contributed by atoms with Gasteiger partial charge in [-0.15, -0.1) is 0 Å². The second kappa shape index (κ2) is 3.45. The van der Waals surface area contributed by atoms with E-state index in [1.807, 2.05) is 6.07 Å². The van der Waals surface area contributed by atoms with Gasteiger partial charge in [-0.2, -0.15) is 0 Å². The molecule has 1 saturated heterocycles. The van der Waals surface area contributed by atoms with E-state index < -0.39 is 5.60 Å². The van der Waals surface area contributed by atoms with E-state index in [2.05, 4.69) is 26.2 Å². The Balaban J connectivity index is 2.11. The zero-order valence-electron chi connectivity index (χ0n) is 8.62. The van der Waals surface area contributed by atoms with Crippen molar-refractivity contribution in [1.29, 1.82) is 0 Å². The number of carbonyl (C=O) groups is 1. The minimum Gasteiger partial charge on any atom is -0.436 e. The number of fused-ring (bicyclic) bond motifs is 2. The minimum atomic E-state index is -0.485. The molecule has 0 aromatic carbocycles. The van der Waals surface area contributed by atoms with Gasteiger partial charge in [0.2, 0.25) is 0 Å². The van der Waals surface area contributed by atoms with Gasteiger partial charge in [0.1, 0.15) is 0 Å². The number of hydrogen-bond donors (Lipinski definition) is 1. The molecule has 2 aliphatic rings. The maximum Gasteiger partial charge on any atom is 0.408 e. The Labute approximate surface area is 102 Å². The van der Waals surface area contributed by atoms with Crippen LogP contribution in [-0.4, -0.2) is 17.6 Å². The van der Waals surface area contributed by atoms with Gasteiger partial charge in [-0.3, -0.25) is 4.98 Å². The second-order valence-electron chi connectivity index (χ2n) is 4.24. The molecule has 2 heterocycles. The first-order valence-electron chi connectivity index (χ1n) is 5.31. The number of pyridine rings is 1. The van der Waals surface area contributed by atoms with Crippen LogP contribution in [0.2, 0.25) is 0 Å². The fourth-order valence-corrected chi connectivity index (χ4v) is 2.82. The van der Waals surface area contributed by atoms with E-state index in [0.29, 0.717) is 6.54 Å². The lowest BCUT2D eigenvalue weighted by molar-refractivity contribution is 0.0389. The van der Waals surface area contributed by atoms with E-state index in [4.69, 9.17) is 4.74 Å². The average Bonchev–Trinajstić information content (AvgIpc) is 2.63. The lowest BCUT2D eigenvalue weighted by Crippen LogP contribution is -2.35. The molecular formula is C11H11BrN2O2. The van der Waals surface area contributed by atoms with Crippen LogP contribution in [0.5, 0.6) is 0 Å². The molecule has 0 saturated carbocycles. The molecular weight excluding hydrogens is 272 g/mol. The molecule has 16 heavy (non-hydrogen) atoms. The molecule has 0 bridgehead atoms. The van der Waals surface area contributed by atoms with Crippen molar-refractivity contribution in [3.63, 3.8) is 0 Å². The molecule has 3 rings (SSSR count). The highest BCUT2D eigenvalue weighted by molar-refractivity contribution is 9.10. The maximum absolute atomic E-state index is 11.2. The number of hydrogen-bond acceptors (Lipinski definition) is 3. The third kappa shape index (κ3) is 1.42. The van der Waals surface area contributed by atoms with Crippen molar-refractivity contribution in [3.05, 3.63) is 28.0 Å². The summed E-state index contributed by atoms with van der Waals surface area (Å²) < 4.78 is 6.39. The topological polar surface area (TPSA) is 51.2 Å². The van der Waals surface area contributed by atoms with Crippen molar-refractivity contribution >= 4 is 22.0 Å². The molecule has 1 aromatic heterocycles. The van der Waals surface area contributed by atoms with Gasteiger partial charge in [-0.1, -0.05) is 0 Å². The Morgan fingerprint density at radius 2 is 2.44 bits per heavy atom. The van der Waals surface area contributed by atoms with Crippen LogP contribution < -0.4 is 5.32 Å². The van der Waals surface area contributed by atoms with Crippen molar-refractivity contribution in [3.8, 4) is 0 Å². The largest absolute Gasteiger partial charge is 0.436 e. The summed E-state index contributed by atoms with van der Waals surface area (Å²) in [4.78, 5) is 15.6. The first-order valence-corrected chi connectivity index (χ1v) is 6.11. The summed E-state index contributed by atoms with van der Waals surface area (Å²) in [7, 11) is 0. The first-order chi connectivity index (χ1) is 7.70. The maximum atomic E-state index is 11.2. The molecule has 1 aliphatic carbocycles. The van der Waals surface area contributed by atoms with Crippen LogP contribution in [0.25, 0.3) is 0 Å². The van der Waals surface area contributed by atoms with Gasteiger partial charge in [-0.05, 0) is 41.3 Å². The van der Waals surface area contributed by atoms with Crippen LogP contribution in [0.15, 0.2) is 16.7 Å². The predicted octanol–water partition coefficient (Wildman–Crippen LogP) is 2.12. The van der Waals surface area contributed by atoms with E-state index in [1.165, 1.54) is 0 Å². The molecule has 1 spiro atoms. The van der Waals surface area contributed by atoms with Crippen LogP contribution in [0.1, 0.15) is 24.1 Å². The number of aryl methyl sites for hydroxylation is 1. The standard InChI is InChI=1S/C11H11BrN2O2/c12-7-4-8-9(13-5-7)2-1-3-11(8)6-14-10(15)16-11/h4-5H,1-3,6H2,(H,14,15).